The second-order valence-corrected chi connectivity index (χ2v) is 5.44. The fourth-order valence-corrected chi connectivity index (χ4v) is 2.64. The second kappa shape index (κ2) is 5.68. The Hall–Kier alpha value is -2.71. The molecule has 3 rings (SSSR count). The molecule has 0 radical (unpaired) electrons. The molecule has 0 unspecified atom stereocenters. The molecule has 0 amide bonds. The highest BCUT2D eigenvalue weighted by molar-refractivity contribution is 5.80. The number of alkyl halides is 3. The normalized spacial score (nSPS) is 12.0. The van der Waals surface area contributed by atoms with Gasteiger partial charge in [0.05, 0.1) is 18.4 Å². The Morgan fingerprint density at radius 1 is 1.04 bits per heavy atom. The minimum absolute atomic E-state index is 0.00625. The zero-order chi connectivity index (χ0) is 18.5. The van der Waals surface area contributed by atoms with Crippen molar-refractivity contribution in [2.75, 3.05) is 7.11 Å². The van der Waals surface area contributed by atoms with Crippen LogP contribution in [0, 0.1) is 25.5 Å². The molecule has 2 heterocycles. The molecule has 1 aromatic carbocycles. The Bertz CT molecular complexity index is 978. The molecule has 9 heteroatoms. The molecule has 0 atom stereocenters. The van der Waals surface area contributed by atoms with E-state index in [0.29, 0.717) is 4.52 Å². The van der Waals surface area contributed by atoms with Crippen molar-refractivity contribution in [1.82, 2.24) is 14.6 Å². The number of aryl methyl sites for hydroxylation is 2. The molecule has 2 aromatic heterocycles. The van der Waals surface area contributed by atoms with Crippen molar-refractivity contribution in [1.29, 1.82) is 0 Å². The molecule has 0 aliphatic heterocycles. The van der Waals surface area contributed by atoms with Crippen LogP contribution in [0.5, 0.6) is 5.75 Å². The van der Waals surface area contributed by atoms with Crippen LogP contribution in [0.2, 0.25) is 0 Å². The van der Waals surface area contributed by atoms with Gasteiger partial charge in [-0.15, -0.1) is 0 Å². The highest BCUT2D eigenvalue weighted by atomic mass is 19.4. The van der Waals surface area contributed by atoms with Crippen molar-refractivity contribution in [2.24, 2.45) is 0 Å². The van der Waals surface area contributed by atoms with Gasteiger partial charge in [-0.05, 0) is 26.0 Å². The summed E-state index contributed by atoms with van der Waals surface area (Å²) in [4.78, 5) is 4.04. The third-order valence-electron chi connectivity index (χ3n) is 3.69. The predicted molar refractivity (Wildman–Crippen MR) is 79.4 cm³/mol. The fourth-order valence-electron chi connectivity index (χ4n) is 2.64. The minimum Gasteiger partial charge on any atom is -0.494 e. The molecule has 0 fully saturated rings. The molecule has 25 heavy (non-hydrogen) atoms. The summed E-state index contributed by atoms with van der Waals surface area (Å²) in [7, 11) is 1.18. The number of hydrogen-bond donors (Lipinski definition) is 0. The van der Waals surface area contributed by atoms with Gasteiger partial charge in [-0.1, -0.05) is 0 Å². The van der Waals surface area contributed by atoms with Crippen molar-refractivity contribution in [2.45, 2.75) is 20.0 Å². The van der Waals surface area contributed by atoms with Gasteiger partial charge in [-0.3, -0.25) is 0 Å². The maximum absolute atomic E-state index is 14.4. The van der Waals surface area contributed by atoms with Crippen LogP contribution in [0.15, 0.2) is 18.2 Å². The number of aromatic nitrogens is 3. The minimum atomic E-state index is -4.68. The fraction of sp³-hybridized carbons (Fsp3) is 0.250. The van der Waals surface area contributed by atoms with Crippen molar-refractivity contribution in [3.8, 4) is 16.9 Å². The average molecular weight is 357 g/mol. The maximum Gasteiger partial charge on any atom is 0.433 e. The third kappa shape index (κ3) is 2.79. The van der Waals surface area contributed by atoms with Crippen molar-refractivity contribution >= 4 is 5.65 Å². The Labute approximate surface area is 138 Å². The molecule has 0 bridgehead atoms. The van der Waals surface area contributed by atoms with Crippen LogP contribution in [0.4, 0.5) is 22.0 Å². The molecule has 0 aliphatic rings. The molecule has 0 saturated heterocycles. The predicted octanol–water partition coefficient (Wildman–Crippen LogP) is 4.32. The molecule has 3 aromatic rings. The van der Waals surface area contributed by atoms with E-state index >= 15 is 0 Å². The van der Waals surface area contributed by atoms with Gasteiger partial charge in [0, 0.05) is 17.3 Å². The summed E-state index contributed by atoms with van der Waals surface area (Å²) < 4.78 is 73.4. The number of methoxy groups -OCH3 is 1. The lowest BCUT2D eigenvalue weighted by Crippen LogP contribution is -2.13. The van der Waals surface area contributed by atoms with Crippen LogP contribution < -0.4 is 4.74 Å². The highest BCUT2D eigenvalue weighted by Crippen LogP contribution is 2.36. The topological polar surface area (TPSA) is 39.4 Å². The SMILES string of the molecule is COc1cc(F)c(-c2c(C)nn3c(C(F)(F)F)cc(C)nc23)cc1F. The largest absolute Gasteiger partial charge is 0.494 e. The van der Waals surface area contributed by atoms with Crippen molar-refractivity contribution in [3.05, 3.63) is 46.9 Å². The number of ether oxygens (including phenoxy) is 1. The molecule has 132 valence electrons. The summed E-state index contributed by atoms with van der Waals surface area (Å²) in [6.07, 6.45) is -4.68. The Morgan fingerprint density at radius 3 is 2.32 bits per heavy atom. The first-order valence-electron chi connectivity index (χ1n) is 7.11. The van der Waals surface area contributed by atoms with Gasteiger partial charge in [0.15, 0.2) is 17.2 Å². The average Bonchev–Trinajstić information content (AvgIpc) is 2.83. The molecule has 0 N–H and O–H groups in total. The number of benzene rings is 1. The van der Waals surface area contributed by atoms with Crippen LogP contribution in [0.25, 0.3) is 16.8 Å². The van der Waals surface area contributed by atoms with Crippen LogP contribution in [-0.2, 0) is 6.18 Å². The molecular formula is C16H12F5N3O. The summed E-state index contributed by atoms with van der Waals surface area (Å²) in [5.74, 6) is -2.01. The first-order valence-corrected chi connectivity index (χ1v) is 7.11. The van der Waals surface area contributed by atoms with E-state index in [-0.39, 0.29) is 33.9 Å². The first kappa shape index (κ1) is 17.1. The van der Waals surface area contributed by atoms with Gasteiger partial charge in [-0.2, -0.15) is 18.3 Å². The van der Waals surface area contributed by atoms with E-state index in [2.05, 4.69) is 10.1 Å². The van der Waals surface area contributed by atoms with E-state index in [1.54, 1.807) is 0 Å². The number of hydrogen-bond acceptors (Lipinski definition) is 3. The number of halogens is 5. The summed E-state index contributed by atoms with van der Waals surface area (Å²) in [5.41, 5.74) is -1.32. The van der Waals surface area contributed by atoms with E-state index < -0.39 is 23.5 Å². The summed E-state index contributed by atoms with van der Waals surface area (Å²) in [5, 5.41) is 3.82. The van der Waals surface area contributed by atoms with E-state index in [4.69, 9.17) is 4.74 Å². The van der Waals surface area contributed by atoms with Gasteiger partial charge < -0.3 is 4.74 Å². The Kier molecular flexibility index (Phi) is 3.89. The Balaban J connectivity index is 2.37. The van der Waals surface area contributed by atoms with E-state index in [1.165, 1.54) is 21.0 Å². The van der Waals surface area contributed by atoms with Crippen molar-refractivity contribution in [3.63, 3.8) is 0 Å². The molecule has 4 nitrogen and oxygen atoms in total. The molecular weight excluding hydrogens is 345 g/mol. The van der Waals surface area contributed by atoms with Gasteiger partial charge in [0.1, 0.15) is 11.5 Å². The van der Waals surface area contributed by atoms with Crippen LogP contribution >= 0.6 is 0 Å². The number of fused-ring (bicyclic) bond motifs is 1. The summed E-state index contributed by atoms with van der Waals surface area (Å²) in [6, 6.07) is 2.53. The summed E-state index contributed by atoms with van der Waals surface area (Å²) >= 11 is 0. The zero-order valence-electron chi connectivity index (χ0n) is 13.4. The standard InChI is InChI=1S/C16H12F5N3O/c1-7-4-13(16(19,20)21)24-15(22-7)14(8(2)23-24)9-5-11(18)12(25-3)6-10(9)17/h4-6H,1-3H3. The second-order valence-electron chi connectivity index (χ2n) is 5.44. The lowest BCUT2D eigenvalue weighted by Gasteiger charge is -2.10. The quantitative estimate of drug-likeness (QED) is 0.642. The first-order chi connectivity index (χ1) is 11.6. The third-order valence-corrected chi connectivity index (χ3v) is 3.69. The molecule has 0 saturated carbocycles. The number of rotatable bonds is 2. The van der Waals surface area contributed by atoms with E-state index in [9.17, 15) is 22.0 Å². The van der Waals surface area contributed by atoms with Crippen molar-refractivity contribution < 1.29 is 26.7 Å². The highest BCUT2D eigenvalue weighted by Gasteiger charge is 2.36. The van der Waals surface area contributed by atoms with E-state index in [1.807, 2.05) is 0 Å². The van der Waals surface area contributed by atoms with Gasteiger partial charge >= 0.3 is 6.18 Å². The van der Waals surface area contributed by atoms with E-state index in [0.717, 1.165) is 18.2 Å². The smallest absolute Gasteiger partial charge is 0.433 e. The Morgan fingerprint density at radius 2 is 1.72 bits per heavy atom. The monoisotopic (exact) mass is 357 g/mol. The zero-order valence-corrected chi connectivity index (χ0v) is 13.4. The van der Waals surface area contributed by atoms with Gasteiger partial charge in [0.2, 0.25) is 0 Å². The molecule has 0 aliphatic carbocycles. The van der Waals surface area contributed by atoms with Crippen LogP contribution in [0.1, 0.15) is 17.1 Å². The summed E-state index contributed by atoms with van der Waals surface area (Å²) in [6.45, 7) is 2.79. The van der Waals surface area contributed by atoms with Gasteiger partial charge in [0.25, 0.3) is 0 Å². The van der Waals surface area contributed by atoms with Crippen LogP contribution in [-0.4, -0.2) is 21.7 Å². The van der Waals surface area contributed by atoms with Gasteiger partial charge in [-0.25, -0.2) is 18.3 Å². The lowest BCUT2D eigenvalue weighted by molar-refractivity contribution is -0.142. The molecule has 0 spiro atoms. The number of nitrogens with zero attached hydrogens (tertiary/aromatic N) is 3. The lowest BCUT2D eigenvalue weighted by atomic mass is 10.0. The van der Waals surface area contributed by atoms with Crippen LogP contribution in [0.3, 0.4) is 0 Å². The maximum atomic E-state index is 14.4.